The predicted molar refractivity (Wildman–Crippen MR) is 112 cm³/mol. The fraction of sp³-hybridized carbons (Fsp3) is 0.0952. The number of halogens is 2. The Labute approximate surface area is 168 Å². The molecule has 0 aliphatic heterocycles. The number of anilines is 1. The molecule has 0 aliphatic carbocycles. The minimum absolute atomic E-state index is 0.0145. The van der Waals surface area contributed by atoms with Gasteiger partial charge in [0.2, 0.25) is 0 Å². The maximum Gasteiger partial charge on any atom is 0.174 e. The summed E-state index contributed by atoms with van der Waals surface area (Å²) in [6, 6.07) is 21.3. The number of thiocarbonyl (C=S) groups is 1. The summed E-state index contributed by atoms with van der Waals surface area (Å²) < 4.78 is 13.6. The predicted octanol–water partition coefficient (Wildman–Crippen LogP) is 5.27. The van der Waals surface area contributed by atoms with Crippen molar-refractivity contribution >= 4 is 34.6 Å². The Morgan fingerprint density at radius 1 is 1.04 bits per heavy atom. The number of nitrogens with one attached hydrogen (secondary N) is 1. The molecule has 3 nitrogen and oxygen atoms in total. The van der Waals surface area contributed by atoms with E-state index in [0.717, 1.165) is 5.56 Å². The zero-order chi connectivity index (χ0) is 19.2. The highest BCUT2D eigenvalue weighted by molar-refractivity contribution is 7.80. The van der Waals surface area contributed by atoms with E-state index in [9.17, 15) is 9.50 Å². The van der Waals surface area contributed by atoms with Crippen LogP contribution in [0.1, 0.15) is 11.1 Å². The molecule has 0 unspecified atom stereocenters. The normalized spacial score (nSPS) is 10.4. The molecule has 2 N–H and O–H groups in total. The van der Waals surface area contributed by atoms with Crippen molar-refractivity contribution in [2.75, 3.05) is 4.90 Å². The third-order valence-corrected chi connectivity index (χ3v) is 4.72. The van der Waals surface area contributed by atoms with Crippen molar-refractivity contribution in [2.45, 2.75) is 13.1 Å². The van der Waals surface area contributed by atoms with Crippen LogP contribution >= 0.6 is 23.8 Å². The van der Waals surface area contributed by atoms with Crippen LogP contribution in [0.25, 0.3) is 0 Å². The van der Waals surface area contributed by atoms with E-state index in [1.165, 1.54) is 12.1 Å². The van der Waals surface area contributed by atoms with Crippen LogP contribution in [0.3, 0.4) is 0 Å². The lowest BCUT2D eigenvalue weighted by Gasteiger charge is -2.27. The molecule has 0 bridgehead atoms. The topological polar surface area (TPSA) is 35.5 Å². The van der Waals surface area contributed by atoms with Crippen LogP contribution in [-0.4, -0.2) is 10.2 Å². The first-order valence-corrected chi connectivity index (χ1v) is 9.14. The van der Waals surface area contributed by atoms with Gasteiger partial charge in [-0.25, -0.2) is 4.39 Å². The number of hydrogen-bond donors (Lipinski definition) is 2. The van der Waals surface area contributed by atoms with Crippen molar-refractivity contribution in [2.24, 2.45) is 0 Å². The van der Waals surface area contributed by atoms with E-state index in [0.29, 0.717) is 29.5 Å². The molecular formula is C21H18ClFN2OS. The summed E-state index contributed by atoms with van der Waals surface area (Å²) in [5, 5.41) is 13.8. The molecule has 27 heavy (non-hydrogen) atoms. The van der Waals surface area contributed by atoms with E-state index < -0.39 is 5.82 Å². The quantitative estimate of drug-likeness (QED) is 0.572. The van der Waals surface area contributed by atoms with Crippen molar-refractivity contribution in [1.82, 2.24) is 5.32 Å². The van der Waals surface area contributed by atoms with Gasteiger partial charge < -0.3 is 15.3 Å². The Kier molecular flexibility index (Phi) is 6.27. The zero-order valence-corrected chi connectivity index (χ0v) is 16.0. The van der Waals surface area contributed by atoms with Gasteiger partial charge in [-0.05, 0) is 42.0 Å². The highest BCUT2D eigenvalue weighted by Gasteiger charge is 2.16. The van der Waals surface area contributed by atoms with Gasteiger partial charge in [-0.2, -0.15) is 0 Å². The molecule has 0 amide bonds. The smallest absolute Gasteiger partial charge is 0.174 e. The minimum atomic E-state index is -0.494. The van der Waals surface area contributed by atoms with Crippen molar-refractivity contribution in [1.29, 1.82) is 0 Å². The fourth-order valence-corrected chi connectivity index (χ4v) is 3.03. The number of para-hydroxylation sites is 1. The van der Waals surface area contributed by atoms with Crippen molar-refractivity contribution < 1.29 is 9.50 Å². The first-order chi connectivity index (χ1) is 13.0. The highest BCUT2D eigenvalue weighted by Crippen LogP contribution is 2.26. The second kappa shape index (κ2) is 8.84. The van der Waals surface area contributed by atoms with E-state index in [2.05, 4.69) is 5.32 Å². The number of phenolic OH excluding ortho intramolecular Hbond substituents is 1. The average Bonchev–Trinajstić information content (AvgIpc) is 2.68. The second-order valence-corrected chi connectivity index (χ2v) is 6.75. The number of rotatable bonds is 5. The molecule has 0 aliphatic rings. The average molecular weight is 401 g/mol. The molecule has 0 saturated heterocycles. The van der Waals surface area contributed by atoms with E-state index in [1.54, 1.807) is 23.1 Å². The van der Waals surface area contributed by atoms with Crippen LogP contribution < -0.4 is 10.2 Å². The van der Waals surface area contributed by atoms with Crippen molar-refractivity contribution in [3.8, 4) is 5.75 Å². The lowest BCUT2D eigenvalue weighted by Crippen LogP contribution is -2.39. The van der Waals surface area contributed by atoms with Gasteiger partial charge in [-0.15, -0.1) is 0 Å². The third kappa shape index (κ3) is 4.96. The molecule has 0 fully saturated rings. The molecule has 3 aromatic carbocycles. The Hall–Kier alpha value is -2.63. The molecular weight excluding hydrogens is 383 g/mol. The summed E-state index contributed by atoms with van der Waals surface area (Å²) in [5.74, 6) is -0.326. The lowest BCUT2D eigenvalue weighted by molar-refractivity contribution is 0.468. The van der Waals surface area contributed by atoms with Gasteiger partial charge in [-0.1, -0.05) is 60.1 Å². The van der Waals surface area contributed by atoms with Crippen LogP contribution in [0.4, 0.5) is 10.1 Å². The highest BCUT2D eigenvalue weighted by atomic mass is 35.5. The molecule has 6 heteroatoms. The molecule has 0 saturated carbocycles. The van der Waals surface area contributed by atoms with E-state index in [4.69, 9.17) is 23.8 Å². The number of hydrogen-bond acceptors (Lipinski definition) is 2. The first kappa shape index (κ1) is 19.1. The summed E-state index contributed by atoms with van der Waals surface area (Å²) in [6.07, 6.45) is 0. The Morgan fingerprint density at radius 3 is 2.44 bits per heavy atom. The van der Waals surface area contributed by atoms with Gasteiger partial charge in [0.25, 0.3) is 0 Å². The Bertz CT molecular complexity index is 936. The minimum Gasteiger partial charge on any atom is -0.508 e. The summed E-state index contributed by atoms with van der Waals surface area (Å²) >= 11 is 11.5. The molecule has 0 aromatic heterocycles. The van der Waals surface area contributed by atoms with Crippen LogP contribution in [0.2, 0.25) is 5.02 Å². The molecule has 0 spiro atoms. The molecule has 3 aromatic rings. The number of nitrogens with zero attached hydrogens (tertiary/aromatic N) is 1. The SMILES string of the molecule is Oc1ccccc1CN(C(=S)NCc1ccccc1)c1ccc(F)c(Cl)c1. The van der Waals surface area contributed by atoms with Crippen LogP contribution in [0.5, 0.6) is 5.75 Å². The standard InChI is InChI=1S/C21H18ClFN2OS/c22-18-12-17(10-11-19(18)23)25(14-16-8-4-5-9-20(16)26)21(27)24-13-15-6-2-1-3-7-15/h1-12,26H,13-14H2,(H,24,27). The Morgan fingerprint density at radius 2 is 1.74 bits per heavy atom. The van der Waals surface area contributed by atoms with Gasteiger partial charge >= 0.3 is 0 Å². The van der Waals surface area contributed by atoms with Crippen molar-refractivity contribution in [3.05, 3.63) is 94.8 Å². The maximum atomic E-state index is 13.6. The molecule has 0 atom stereocenters. The second-order valence-electron chi connectivity index (χ2n) is 5.96. The summed E-state index contributed by atoms with van der Waals surface area (Å²) in [5.41, 5.74) is 2.41. The van der Waals surface area contributed by atoms with Gasteiger partial charge in [-0.3, -0.25) is 0 Å². The van der Waals surface area contributed by atoms with Gasteiger partial charge in [0.1, 0.15) is 11.6 Å². The largest absolute Gasteiger partial charge is 0.508 e. The van der Waals surface area contributed by atoms with Crippen LogP contribution in [0, 0.1) is 5.82 Å². The maximum absolute atomic E-state index is 13.6. The van der Waals surface area contributed by atoms with E-state index in [1.807, 2.05) is 42.5 Å². The van der Waals surface area contributed by atoms with E-state index >= 15 is 0 Å². The summed E-state index contributed by atoms with van der Waals surface area (Å²) in [7, 11) is 0. The molecule has 138 valence electrons. The van der Waals surface area contributed by atoms with E-state index in [-0.39, 0.29) is 10.8 Å². The number of aromatic hydroxyl groups is 1. The summed E-state index contributed by atoms with van der Waals surface area (Å²) in [4.78, 5) is 1.78. The van der Waals surface area contributed by atoms with Crippen LogP contribution in [0.15, 0.2) is 72.8 Å². The first-order valence-electron chi connectivity index (χ1n) is 8.36. The monoisotopic (exact) mass is 400 g/mol. The fourth-order valence-electron chi connectivity index (χ4n) is 2.62. The number of phenols is 1. The Balaban J connectivity index is 1.85. The molecule has 0 heterocycles. The molecule has 3 rings (SSSR count). The third-order valence-electron chi connectivity index (χ3n) is 4.07. The molecule has 0 radical (unpaired) electrons. The lowest BCUT2D eigenvalue weighted by atomic mass is 10.1. The van der Waals surface area contributed by atoms with Gasteiger partial charge in [0.15, 0.2) is 5.11 Å². The van der Waals surface area contributed by atoms with Gasteiger partial charge in [0, 0.05) is 17.8 Å². The summed E-state index contributed by atoms with van der Waals surface area (Å²) in [6.45, 7) is 0.862. The van der Waals surface area contributed by atoms with Crippen LogP contribution in [-0.2, 0) is 13.1 Å². The number of benzene rings is 3. The zero-order valence-electron chi connectivity index (χ0n) is 14.4. The van der Waals surface area contributed by atoms with Crippen molar-refractivity contribution in [3.63, 3.8) is 0 Å². The van der Waals surface area contributed by atoms with Gasteiger partial charge in [0.05, 0.1) is 11.6 Å².